The molecule has 0 bridgehead atoms. The minimum Gasteiger partial charge on any atom is -0.492 e. The summed E-state index contributed by atoms with van der Waals surface area (Å²) in [6, 6.07) is 8.81. The summed E-state index contributed by atoms with van der Waals surface area (Å²) in [7, 11) is 0. The van der Waals surface area contributed by atoms with E-state index in [9.17, 15) is 14.7 Å². The SMILES string of the molecule is O=C(O)c1cc(-c2ccc(C(=O)N3CCOCC3)c(Cl)c2)cc2c1OCCCC2. The van der Waals surface area contributed by atoms with Crippen molar-refractivity contribution in [2.75, 3.05) is 32.9 Å². The number of aryl methyl sites for hydroxylation is 1. The van der Waals surface area contributed by atoms with Crippen molar-refractivity contribution in [2.24, 2.45) is 0 Å². The molecule has 2 aliphatic rings. The van der Waals surface area contributed by atoms with Gasteiger partial charge in [0.1, 0.15) is 11.3 Å². The van der Waals surface area contributed by atoms with Crippen molar-refractivity contribution in [1.82, 2.24) is 4.90 Å². The van der Waals surface area contributed by atoms with Crippen molar-refractivity contribution in [3.63, 3.8) is 0 Å². The van der Waals surface area contributed by atoms with E-state index in [0.29, 0.717) is 49.2 Å². The number of rotatable bonds is 3. The van der Waals surface area contributed by atoms with Crippen LogP contribution in [0.2, 0.25) is 5.02 Å². The average molecular weight is 416 g/mol. The van der Waals surface area contributed by atoms with Gasteiger partial charge in [-0.15, -0.1) is 0 Å². The van der Waals surface area contributed by atoms with E-state index >= 15 is 0 Å². The Bertz CT molecular complexity index is 952. The van der Waals surface area contributed by atoms with Crippen LogP contribution in [0.25, 0.3) is 11.1 Å². The molecule has 1 amide bonds. The van der Waals surface area contributed by atoms with Gasteiger partial charge in [0.15, 0.2) is 0 Å². The molecule has 2 aromatic rings. The molecule has 0 atom stereocenters. The molecule has 0 aliphatic carbocycles. The topological polar surface area (TPSA) is 76.1 Å². The largest absolute Gasteiger partial charge is 0.492 e. The van der Waals surface area contributed by atoms with Gasteiger partial charge in [0.2, 0.25) is 0 Å². The molecule has 29 heavy (non-hydrogen) atoms. The van der Waals surface area contributed by atoms with Gasteiger partial charge < -0.3 is 19.5 Å². The first-order valence-electron chi connectivity index (χ1n) is 9.74. The quantitative estimate of drug-likeness (QED) is 0.822. The van der Waals surface area contributed by atoms with E-state index in [1.165, 1.54) is 0 Å². The Kier molecular flexibility index (Phi) is 5.74. The van der Waals surface area contributed by atoms with Crippen molar-refractivity contribution in [3.05, 3.63) is 52.0 Å². The van der Waals surface area contributed by atoms with Crippen LogP contribution in [0.1, 0.15) is 39.1 Å². The second kappa shape index (κ2) is 8.43. The fourth-order valence-electron chi connectivity index (χ4n) is 3.77. The zero-order chi connectivity index (χ0) is 20.4. The summed E-state index contributed by atoms with van der Waals surface area (Å²) in [5.74, 6) is -0.675. The van der Waals surface area contributed by atoms with Crippen LogP contribution in [-0.2, 0) is 11.2 Å². The first-order valence-corrected chi connectivity index (χ1v) is 10.1. The molecule has 0 aromatic heterocycles. The normalized spacial score (nSPS) is 16.5. The third-order valence-corrected chi connectivity index (χ3v) is 5.63. The summed E-state index contributed by atoms with van der Waals surface area (Å²) in [5.41, 5.74) is 3.00. The lowest BCUT2D eigenvalue weighted by Gasteiger charge is -2.27. The first kappa shape index (κ1) is 19.7. The molecule has 0 radical (unpaired) electrons. The highest BCUT2D eigenvalue weighted by Gasteiger charge is 2.23. The molecular weight excluding hydrogens is 394 g/mol. The molecule has 0 unspecified atom stereocenters. The highest BCUT2D eigenvalue weighted by Crippen LogP contribution is 2.35. The number of benzene rings is 2. The van der Waals surface area contributed by atoms with Crippen LogP contribution in [0, 0.1) is 0 Å². The van der Waals surface area contributed by atoms with Crippen molar-refractivity contribution in [1.29, 1.82) is 0 Å². The molecular formula is C22H22ClNO5. The minimum atomic E-state index is -1.02. The van der Waals surface area contributed by atoms with Gasteiger partial charge in [0.05, 0.1) is 30.4 Å². The van der Waals surface area contributed by atoms with E-state index in [1.807, 2.05) is 12.1 Å². The second-order valence-electron chi connectivity index (χ2n) is 7.22. The minimum absolute atomic E-state index is 0.119. The number of hydrogen-bond donors (Lipinski definition) is 1. The molecule has 1 fully saturated rings. The van der Waals surface area contributed by atoms with Gasteiger partial charge in [0.25, 0.3) is 5.91 Å². The smallest absolute Gasteiger partial charge is 0.339 e. The zero-order valence-electron chi connectivity index (χ0n) is 15.9. The highest BCUT2D eigenvalue weighted by atomic mass is 35.5. The Hall–Kier alpha value is -2.57. The maximum atomic E-state index is 12.7. The molecule has 1 N–H and O–H groups in total. The van der Waals surface area contributed by atoms with E-state index in [1.54, 1.807) is 23.1 Å². The van der Waals surface area contributed by atoms with Crippen LogP contribution in [0.15, 0.2) is 30.3 Å². The summed E-state index contributed by atoms with van der Waals surface area (Å²) in [6.07, 6.45) is 2.61. The van der Waals surface area contributed by atoms with Crippen LogP contribution in [0.4, 0.5) is 0 Å². The van der Waals surface area contributed by atoms with Crippen LogP contribution in [0.5, 0.6) is 5.75 Å². The van der Waals surface area contributed by atoms with Crippen molar-refractivity contribution < 1.29 is 24.2 Å². The molecule has 4 rings (SSSR count). The monoisotopic (exact) mass is 415 g/mol. The number of halogens is 1. The van der Waals surface area contributed by atoms with Crippen LogP contribution < -0.4 is 4.74 Å². The fraction of sp³-hybridized carbons (Fsp3) is 0.364. The Balaban J connectivity index is 1.69. The number of carbonyl (C=O) groups is 2. The van der Waals surface area contributed by atoms with Gasteiger partial charge in [-0.3, -0.25) is 4.79 Å². The Morgan fingerprint density at radius 1 is 0.966 bits per heavy atom. The van der Waals surface area contributed by atoms with Gasteiger partial charge in [-0.05, 0) is 60.2 Å². The average Bonchev–Trinajstić information content (AvgIpc) is 2.98. The second-order valence-corrected chi connectivity index (χ2v) is 7.63. The van der Waals surface area contributed by atoms with E-state index in [0.717, 1.165) is 36.0 Å². The summed E-state index contributed by atoms with van der Waals surface area (Å²) in [6.45, 7) is 2.66. The number of fused-ring (bicyclic) bond motifs is 1. The van der Waals surface area contributed by atoms with Crippen LogP contribution >= 0.6 is 11.6 Å². The van der Waals surface area contributed by atoms with E-state index < -0.39 is 5.97 Å². The predicted molar refractivity (Wildman–Crippen MR) is 109 cm³/mol. The molecule has 1 saturated heterocycles. The number of aromatic carboxylic acids is 1. The number of carboxylic acid groups (broad SMARTS) is 1. The van der Waals surface area contributed by atoms with Gasteiger partial charge in [-0.1, -0.05) is 17.7 Å². The van der Waals surface area contributed by atoms with Gasteiger partial charge in [-0.2, -0.15) is 0 Å². The van der Waals surface area contributed by atoms with Crippen LogP contribution in [-0.4, -0.2) is 54.8 Å². The van der Waals surface area contributed by atoms with Crippen molar-refractivity contribution >= 4 is 23.5 Å². The number of nitrogens with zero attached hydrogens (tertiary/aromatic N) is 1. The highest BCUT2D eigenvalue weighted by molar-refractivity contribution is 6.34. The number of amides is 1. The maximum Gasteiger partial charge on any atom is 0.339 e. The number of carbonyl (C=O) groups excluding carboxylic acids is 1. The number of morpholine rings is 1. The summed E-state index contributed by atoms with van der Waals surface area (Å²) < 4.78 is 11.0. The summed E-state index contributed by atoms with van der Waals surface area (Å²) in [5, 5.41) is 10.0. The van der Waals surface area contributed by atoms with Gasteiger partial charge >= 0.3 is 5.97 Å². The van der Waals surface area contributed by atoms with E-state index in [2.05, 4.69) is 0 Å². The lowest BCUT2D eigenvalue weighted by Crippen LogP contribution is -2.40. The van der Waals surface area contributed by atoms with Gasteiger partial charge in [-0.25, -0.2) is 4.79 Å². The van der Waals surface area contributed by atoms with E-state index in [-0.39, 0.29) is 11.5 Å². The maximum absolute atomic E-state index is 12.7. The number of carboxylic acids is 1. The fourth-order valence-corrected chi connectivity index (χ4v) is 4.03. The summed E-state index contributed by atoms with van der Waals surface area (Å²) >= 11 is 6.45. The number of hydrogen-bond acceptors (Lipinski definition) is 4. The molecule has 2 heterocycles. The van der Waals surface area contributed by atoms with Crippen LogP contribution in [0.3, 0.4) is 0 Å². The molecule has 2 aromatic carbocycles. The first-order chi connectivity index (χ1) is 14.0. The van der Waals surface area contributed by atoms with E-state index in [4.69, 9.17) is 21.1 Å². The molecule has 2 aliphatic heterocycles. The van der Waals surface area contributed by atoms with Crippen molar-refractivity contribution in [3.8, 4) is 16.9 Å². The number of ether oxygens (including phenoxy) is 2. The molecule has 6 nitrogen and oxygen atoms in total. The Labute approximate surface area is 174 Å². The molecule has 7 heteroatoms. The zero-order valence-corrected chi connectivity index (χ0v) is 16.7. The molecule has 152 valence electrons. The Morgan fingerprint density at radius 3 is 2.48 bits per heavy atom. The third kappa shape index (κ3) is 4.09. The lowest BCUT2D eigenvalue weighted by atomic mass is 9.95. The Morgan fingerprint density at radius 2 is 1.76 bits per heavy atom. The molecule has 0 spiro atoms. The third-order valence-electron chi connectivity index (χ3n) is 5.31. The standard InChI is InChI=1S/C22H22ClNO5/c23-19-13-14(4-5-17(19)21(25)24-6-9-28-10-7-24)16-11-15-3-1-2-8-29-20(15)18(12-16)22(26)27/h4-5,11-13H,1-3,6-10H2,(H,26,27). The predicted octanol–water partition coefficient (Wildman–Crippen LogP) is 3.89. The molecule has 0 saturated carbocycles. The van der Waals surface area contributed by atoms with Crippen molar-refractivity contribution in [2.45, 2.75) is 19.3 Å². The lowest BCUT2D eigenvalue weighted by molar-refractivity contribution is 0.0303. The summed E-state index contributed by atoms with van der Waals surface area (Å²) in [4.78, 5) is 26.2. The van der Waals surface area contributed by atoms with Gasteiger partial charge in [0, 0.05) is 13.1 Å².